The molecule has 3 heteroatoms. The van der Waals surface area contributed by atoms with Crippen LogP contribution in [0.2, 0.25) is 0 Å². The van der Waals surface area contributed by atoms with Crippen molar-refractivity contribution in [3.05, 3.63) is 57.6 Å². The van der Waals surface area contributed by atoms with Crippen molar-refractivity contribution in [1.29, 1.82) is 0 Å². The highest BCUT2D eigenvalue weighted by atomic mass is 127. The summed E-state index contributed by atoms with van der Waals surface area (Å²) >= 11 is 2.17. The Hall–Kier alpha value is -1.10. The van der Waals surface area contributed by atoms with E-state index in [4.69, 9.17) is 4.42 Å². The molecule has 0 fully saturated rings. The van der Waals surface area contributed by atoms with Crippen LogP contribution in [0.25, 0.3) is 0 Å². The molecule has 0 radical (unpaired) electrons. The van der Waals surface area contributed by atoms with Crippen molar-refractivity contribution in [2.75, 3.05) is 0 Å². The van der Waals surface area contributed by atoms with E-state index in [2.05, 4.69) is 22.6 Å². The Bertz CT molecular complexity index is 460. The van der Waals surface area contributed by atoms with Gasteiger partial charge in [0.05, 0.1) is 12.7 Å². The number of halogens is 1. The Kier molecular flexibility index (Phi) is 3.20. The van der Waals surface area contributed by atoms with E-state index >= 15 is 0 Å². The van der Waals surface area contributed by atoms with Crippen LogP contribution in [0.15, 0.2) is 47.1 Å². The van der Waals surface area contributed by atoms with E-state index in [-0.39, 0.29) is 5.78 Å². The van der Waals surface area contributed by atoms with E-state index in [0.717, 1.165) is 9.13 Å². The number of hydrogen-bond donors (Lipinski definition) is 0. The van der Waals surface area contributed by atoms with Gasteiger partial charge in [0.15, 0.2) is 5.78 Å². The minimum absolute atomic E-state index is 0.0925. The van der Waals surface area contributed by atoms with Crippen molar-refractivity contribution in [2.45, 2.75) is 6.42 Å². The van der Waals surface area contributed by atoms with Crippen molar-refractivity contribution in [2.24, 2.45) is 0 Å². The average molecular weight is 312 g/mol. The van der Waals surface area contributed by atoms with Crippen LogP contribution in [0.5, 0.6) is 0 Å². The number of Topliss-reactive ketones (excluding diaryl/α,β-unsaturated/α-hetero) is 1. The van der Waals surface area contributed by atoms with E-state index in [0.29, 0.717) is 12.2 Å². The summed E-state index contributed by atoms with van der Waals surface area (Å²) in [7, 11) is 0. The van der Waals surface area contributed by atoms with Gasteiger partial charge in [0.2, 0.25) is 0 Å². The maximum Gasteiger partial charge on any atom is 0.171 e. The van der Waals surface area contributed by atoms with Gasteiger partial charge in [-0.1, -0.05) is 18.2 Å². The lowest BCUT2D eigenvalue weighted by atomic mass is 10.1. The van der Waals surface area contributed by atoms with Gasteiger partial charge in [-0.25, -0.2) is 0 Å². The van der Waals surface area contributed by atoms with Crippen LogP contribution in [0.3, 0.4) is 0 Å². The summed E-state index contributed by atoms with van der Waals surface area (Å²) < 4.78 is 6.12. The van der Waals surface area contributed by atoms with Crippen LogP contribution in [-0.2, 0) is 6.42 Å². The predicted molar refractivity (Wildman–Crippen MR) is 65.9 cm³/mol. The molecule has 0 aliphatic carbocycles. The first-order valence-corrected chi connectivity index (χ1v) is 5.65. The molecule has 0 amide bonds. The molecule has 0 aliphatic heterocycles. The van der Waals surface area contributed by atoms with E-state index in [9.17, 15) is 4.79 Å². The molecule has 0 bridgehead atoms. The summed E-state index contributed by atoms with van der Waals surface area (Å²) in [6, 6.07) is 11.2. The number of carbonyl (C=O) groups excluding carboxylic acids is 1. The number of ketones is 1. The predicted octanol–water partition coefficient (Wildman–Crippen LogP) is 3.31. The molecule has 0 aliphatic rings. The monoisotopic (exact) mass is 312 g/mol. The number of carbonyl (C=O) groups is 1. The molecule has 76 valence electrons. The number of rotatable bonds is 3. The Morgan fingerprint density at radius 2 is 2.00 bits per heavy atom. The zero-order chi connectivity index (χ0) is 10.7. The summed E-state index contributed by atoms with van der Waals surface area (Å²) in [6.45, 7) is 0. The minimum Gasteiger partial charge on any atom is -0.469 e. The third-order valence-electron chi connectivity index (χ3n) is 2.09. The van der Waals surface area contributed by atoms with Gasteiger partial charge < -0.3 is 4.42 Å². The van der Waals surface area contributed by atoms with Crippen LogP contribution < -0.4 is 0 Å². The molecule has 0 spiro atoms. The molecule has 2 aromatic rings. The highest BCUT2D eigenvalue weighted by Crippen LogP contribution is 2.14. The Balaban J connectivity index is 2.19. The first-order valence-electron chi connectivity index (χ1n) is 4.57. The van der Waals surface area contributed by atoms with Gasteiger partial charge >= 0.3 is 0 Å². The number of hydrogen-bond acceptors (Lipinski definition) is 2. The van der Waals surface area contributed by atoms with Crippen LogP contribution in [0, 0.1) is 3.57 Å². The smallest absolute Gasteiger partial charge is 0.171 e. The van der Waals surface area contributed by atoms with Gasteiger partial charge in [-0.3, -0.25) is 4.79 Å². The molecule has 0 saturated heterocycles. The second-order valence-electron chi connectivity index (χ2n) is 3.16. The SMILES string of the molecule is O=C(Cc1ccco1)c1ccccc1I. The summed E-state index contributed by atoms with van der Waals surface area (Å²) in [5, 5.41) is 0. The third-order valence-corrected chi connectivity index (χ3v) is 3.03. The van der Waals surface area contributed by atoms with Crippen LogP contribution in [0.4, 0.5) is 0 Å². The Labute approximate surface area is 101 Å². The lowest BCUT2D eigenvalue weighted by Gasteiger charge is -2.01. The molecule has 1 aromatic heterocycles. The molecular weight excluding hydrogens is 303 g/mol. The standard InChI is InChI=1S/C12H9IO2/c13-11-6-2-1-5-10(11)12(14)8-9-4-3-7-15-9/h1-7H,8H2. The van der Waals surface area contributed by atoms with Crippen molar-refractivity contribution < 1.29 is 9.21 Å². The van der Waals surface area contributed by atoms with Gasteiger partial charge in [0.25, 0.3) is 0 Å². The number of furan rings is 1. The maximum atomic E-state index is 11.9. The third kappa shape index (κ3) is 2.47. The summed E-state index contributed by atoms with van der Waals surface area (Å²) in [5.41, 5.74) is 0.759. The quantitative estimate of drug-likeness (QED) is 0.643. The van der Waals surface area contributed by atoms with Gasteiger partial charge in [-0.15, -0.1) is 0 Å². The van der Waals surface area contributed by atoms with Crippen molar-refractivity contribution in [3.63, 3.8) is 0 Å². The van der Waals surface area contributed by atoms with Crippen LogP contribution in [0.1, 0.15) is 16.1 Å². The molecular formula is C12H9IO2. The molecule has 2 rings (SSSR count). The normalized spacial score (nSPS) is 10.2. The second-order valence-corrected chi connectivity index (χ2v) is 4.32. The lowest BCUT2D eigenvalue weighted by Crippen LogP contribution is -2.04. The lowest BCUT2D eigenvalue weighted by molar-refractivity contribution is 0.0986. The van der Waals surface area contributed by atoms with E-state index in [1.54, 1.807) is 12.3 Å². The van der Waals surface area contributed by atoms with E-state index < -0.39 is 0 Å². The molecule has 2 nitrogen and oxygen atoms in total. The van der Waals surface area contributed by atoms with Gasteiger partial charge in [-0.2, -0.15) is 0 Å². The van der Waals surface area contributed by atoms with Crippen molar-refractivity contribution in [1.82, 2.24) is 0 Å². The van der Waals surface area contributed by atoms with Gasteiger partial charge in [0.1, 0.15) is 5.76 Å². The molecule has 0 saturated carbocycles. The van der Waals surface area contributed by atoms with Gasteiger partial charge in [-0.05, 0) is 40.8 Å². The van der Waals surface area contributed by atoms with E-state index in [1.165, 1.54) is 0 Å². The molecule has 0 N–H and O–H groups in total. The first-order chi connectivity index (χ1) is 7.27. The maximum absolute atomic E-state index is 11.9. The first kappa shape index (κ1) is 10.4. The zero-order valence-electron chi connectivity index (χ0n) is 7.94. The fraction of sp³-hybridized carbons (Fsp3) is 0.0833. The summed E-state index contributed by atoms with van der Waals surface area (Å²) in [6.07, 6.45) is 1.91. The van der Waals surface area contributed by atoms with E-state index in [1.807, 2.05) is 30.3 Å². The molecule has 1 aromatic carbocycles. The second kappa shape index (κ2) is 4.61. The Morgan fingerprint density at radius 3 is 2.67 bits per heavy atom. The average Bonchev–Trinajstić information content (AvgIpc) is 2.71. The molecule has 15 heavy (non-hydrogen) atoms. The highest BCUT2D eigenvalue weighted by molar-refractivity contribution is 14.1. The summed E-state index contributed by atoms with van der Waals surface area (Å²) in [4.78, 5) is 11.9. The van der Waals surface area contributed by atoms with Crippen molar-refractivity contribution in [3.8, 4) is 0 Å². The minimum atomic E-state index is 0.0925. The van der Waals surface area contributed by atoms with Crippen molar-refractivity contribution >= 4 is 28.4 Å². The zero-order valence-corrected chi connectivity index (χ0v) is 10.1. The fourth-order valence-corrected chi connectivity index (χ4v) is 2.04. The molecule has 1 heterocycles. The summed E-state index contributed by atoms with van der Waals surface area (Å²) in [5.74, 6) is 0.801. The highest BCUT2D eigenvalue weighted by Gasteiger charge is 2.11. The molecule has 0 atom stereocenters. The van der Waals surface area contributed by atoms with Crippen LogP contribution in [-0.4, -0.2) is 5.78 Å². The topological polar surface area (TPSA) is 30.2 Å². The largest absolute Gasteiger partial charge is 0.469 e. The Morgan fingerprint density at radius 1 is 1.20 bits per heavy atom. The molecule has 0 unspecified atom stereocenters. The van der Waals surface area contributed by atoms with Gasteiger partial charge in [0, 0.05) is 9.13 Å². The fourth-order valence-electron chi connectivity index (χ4n) is 1.35. The number of benzene rings is 1. The van der Waals surface area contributed by atoms with Crippen LogP contribution >= 0.6 is 22.6 Å².